The Bertz CT molecular complexity index is 1030. The van der Waals surface area contributed by atoms with Crippen LogP contribution < -0.4 is 10.2 Å². The normalized spacial score (nSPS) is 15.9. The van der Waals surface area contributed by atoms with Gasteiger partial charge < -0.3 is 10.2 Å². The summed E-state index contributed by atoms with van der Waals surface area (Å²) in [5.74, 6) is 0.101. The van der Waals surface area contributed by atoms with E-state index in [9.17, 15) is 9.18 Å². The molecule has 4 nitrogen and oxygen atoms in total. The zero-order valence-electron chi connectivity index (χ0n) is 16.9. The van der Waals surface area contributed by atoms with Crippen LogP contribution >= 0.6 is 11.6 Å². The number of amides is 1. The van der Waals surface area contributed by atoms with Gasteiger partial charge in [-0.05, 0) is 73.7 Å². The van der Waals surface area contributed by atoms with Crippen LogP contribution in [0.5, 0.6) is 0 Å². The van der Waals surface area contributed by atoms with Gasteiger partial charge in [-0.3, -0.25) is 9.78 Å². The van der Waals surface area contributed by atoms with Gasteiger partial charge in [0.05, 0.1) is 5.52 Å². The van der Waals surface area contributed by atoms with E-state index in [0.29, 0.717) is 10.9 Å². The average Bonchev–Trinajstić information content (AvgIpc) is 2.76. The molecule has 1 amide bonds. The highest BCUT2D eigenvalue weighted by Crippen LogP contribution is 2.33. The van der Waals surface area contributed by atoms with Gasteiger partial charge in [-0.1, -0.05) is 18.5 Å². The lowest BCUT2D eigenvalue weighted by Crippen LogP contribution is -2.39. The molecule has 0 aliphatic carbocycles. The Morgan fingerprint density at radius 2 is 1.93 bits per heavy atom. The van der Waals surface area contributed by atoms with E-state index in [1.165, 1.54) is 6.07 Å². The predicted octanol–water partition coefficient (Wildman–Crippen LogP) is 5.91. The molecule has 1 saturated heterocycles. The van der Waals surface area contributed by atoms with Crippen LogP contribution in [0, 0.1) is 17.7 Å². The number of nitrogens with zero attached hydrogens (tertiary/aromatic N) is 2. The van der Waals surface area contributed by atoms with Crippen LogP contribution in [0.3, 0.4) is 0 Å². The molecule has 30 heavy (non-hydrogen) atoms. The van der Waals surface area contributed by atoms with Crippen molar-refractivity contribution in [1.29, 1.82) is 0 Å². The first-order valence-corrected chi connectivity index (χ1v) is 10.8. The molecule has 6 heteroatoms. The first-order chi connectivity index (χ1) is 14.5. The van der Waals surface area contributed by atoms with Gasteiger partial charge in [0.1, 0.15) is 5.82 Å². The molecule has 1 aliphatic heterocycles. The Labute approximate surface area is 181 Å². The van der Waals surface area contributed by atoms with Crippen molar-refractivity contribution in [2.24, 2.45) is 11.8 Å². The average molecular weight is 426 g/mol. The number of fused-ring (bicyclic) bond motifs is 1. The summed E-state index contributed by atoms with van der Waals surface area (Å²) in [5.41, 5.74) is 2.58. The molecular weight excluding hydrogens is 401 g/mol. The first kappa shape index (κ1) is 20.6. The van der Waals surface area contributed by atoms with Crippen molar-refractivity contribution in [3.8, 4) is 0 Å². The summed E-state index contributed by atoms with van der Waals surface area (Å²) in [4.78, 5) is 19.5. The minimum atomic E-state index is -0.253. The maximum absolute atomic E-state index is 13.8. The molecule has 2 heterocycles. The predicted molar refractivity (Wildman–Crippen MR) is 121 cm³/mol. The molecule has 1 fully saturated rings. The smallest absolute Gasteiger partial charge is 0.227 e. The number of nitrogens with one attached hydrogen (secondary N) is 1. The van der Waals surface area contributed by atoms with Crippen LogP contribution in [-0.2, 0) is 4.79 Å². The molecule has 1 unspecified atom stereocenters. The van der Waals surface area contributed by atoms with Gasteiger partial charge in [0.25, 0.3) is 0 Å². The second kappa shape index (κ2) is 9.00. The monoisotopic (exact) mass is 425 g/mol. The Balaban J connectivity index is 1.44. The Morgan fingerprint density at radius 1 is 1.20 bits per heavy atom. The molecule has 4 rings (SSSR count). The highest BCUT2D eigenvalue weighted by atomic mass is 35.5. The fourth-order valence-electron chi connectivity index (χ4n) is 4.42. The van der Waals surface area contributed by atoms with E-state index < -0.39 is 0 Å². The fraction of sp³-hybridized carbons (Fsp3) is 0.333. The molecular formula is C24H25ClFN3O. The number of benzene rings is 2. The number of aromatic nitrogens is 1. The summed E-state index contributed by atoms with van der Waals surface area (Å²) in [6, 6.07) is 13.9. The Morgan fingerprint density at radius 3 is 2.63 bits per heavy atom. The summed E-state index contributed by atoms with van der Waals surface area (Å²) >= 11 is 5.93. The second-order valence-electron chi connectivity index (χ2n) is 7.83. The number of rotatable bonds is 5. The standard InChI is InChI=1S/C24H25ClFN3O/c1-2-20(24(30)28-19-6-3-17(25)4-7-19)16-10-13-29(14-11-16)23-9-12-27-22-8-5-18(26)15-21(22)23/h3-9,12,15-16,20H,2,10-11,13-14H2,1H3,(H,28,30). The van der Waals surface area contributed by atoms with Gasteiger partial charge in [-0.25, -0.2) is 4.39 Å². The third kappa shape index (κ3) is 4.41. The molecule has 2 aromatic carbocycles. The van der Waals surface area contributed by atoms with Crippen molar-refractivity contribution >= 4 is 39.8 Å². The SMILES string of the molecule is CCC(C(=O)Nc1ccc(Cl)cc1)C1CCN(c2ccnc3ccc(F)cc23)CC1. The molecule has 1 aromatic heterocycles. The van der Waals surface area contributed by atoms with Gasteiger partial charge in [0.2, 0.25) is 5.91 Å². The quantitative estimate of drug-likeness (QED) is 0.552. The molecule has 1 aliphatic rings. The summed E-state index contributed by atoms with van der Waals surface area (Å²) in [6.07, 6.45) is 4.42. The molecule has 0 spiro atoms. The lowest BCUT2D eigenvalue weighted by molar-refractivity contribution is -0.121. The van der Waals surface area contributed by atoms with E-state index in [-0.39, 0.29) is 17.6 Å². The van der Waals surface area contributed by atoms with Crippen molar-refractivity contribution in [3.05, 3.63) is 65.6 Å². The summed E-state index contributed by atoms with van der Waals surface area (Å²) in [5, 5.41) is 4.52. The second-order valence-corrected chi connectivity index (χ2v) is 8.26. The highest BCUT2D eigenvalue weighted by molar-refractivity contribution is 6.30. The van der Waals surface area contributed by atoms with E-state index in [1.807, 2.05) is 18.2 Å². The lowest BCUT2D eigenvalue weighted by atomic mass is 9.82. The number of halogens is 2. The van der Waals surface area contributed by atoms with Crippen molar-refractivity contribution in [2.75, 3.05) is 23.3 Å². The largest absolute Gasteiger partial charge is 0.371 e. The Kier molecular flexibility index (Phi) is 6.18. The van der Waals surface area contributed by atoms with Crippen molar-refractivity contribution < 1.29 is 9.18 Å². The zero-order valence-corrected chi connectivity index (χ0v) is 17.7. The van der Waals surface area contributed by atoms with Gasteiger partial charge in [-0.15, -0.1) is 0 Å². The summed E-state index contributed by atoms with van der Waals surface area (Å²) in [7, 11) is 0. The van der Waals surface area contributed by atoms with Crippen molar-refractivity contribution in [2.45, 2.75) is 26.2 Å². The number of pyridine rings is 1. The van der Waals surface area contributed by atoms with Gasteiger partial charge in [0.15, 0.2) is 0 Å². The van der Waals surface area contributed by atoms with Crippen LogP contribution in [0.25, 0.3) is 10.9 Å². The van der Waals surface area contributed by atoms with Crippen LogP contribution in [-0.4, -0.2) is 24.0 Å². The topological polar surface area (TPSA) is 45.2 Å². The van der Waals surface area contributed by atoms with Crippen LogP contribution in [0.15, 0.2) is 54.7 Å². The van der Waals surface area contributed by atoms with Crippen LogP contribution in [0.1, 0.15) is 26.2 Å². The van der Waals surface area contributed by atoms with E-state index >= 15 is 0 Å². The molecule has 0 saturated carbocycles. The number of piperidine rings is 1. The zero-order chi connectivity index (χ0) is 21.1. The maximum atomic E-state index is 13.8. The molecule has 1 N–H and O–H groups in total. The third-order valence-corrected chi connectivity index (χ3v) is 6.27. The van der Waals surface area contributed by atoms with Gasteiger partial charge in [0, 0.05) is 47.0 Å². The number of anilines is 2. The summed E-state index contributed by atoms with van der Waals surface area (Å²) < 4.78 is 13.8. The minimum absolute atomic E-state index is 0.0329. The first-order valence-electron chi connectivity index (χ1n) is 10.4. The summed E-state index contributed by atoms with van der Waals surface area (Å²) in [6.45, 7) is 3.74. The molecule has 156 valence electrons. The minimum Gasteiger partial charge on any atom is -0.371 e. The molecule has 0 bridgehead atoms. The van der Waals surface area contributed by atoms with Crippen molar-refractivity contribution in [1.82, 2.24) is 4.98 Å². The molecule has 0 radical (unpaired) electrons. The van der Waals surface area contributed by atoms with E-state index in [2.05, 4.69) is 22.1 Å². The van der Waals surface area contributed by atoms with Crippen LogP contribution in [0.4, 0.5) is 15.8 Å². The van der Waals surface area contributed by atoms with E-state index in [1.54, 1.807) is 30.5 Å². The molecule has 1 atom stereocenters. The van der Waals surface area contributed by atoms with E-state index in [4.69, 9.17) is 11.6 Å². The van der Waals surface area contributed by atoms with Gasteiger partial charge >= 0.3 is 0 Å². The Hall–Kier alpha value is -2.66. The number of hydrogen-bond donors (Lipinski definition) is 1. The van der Waals surface area contributed by atoms with Crippen LogP contribution in [0.2, 0.25) is 5.02 Å². The van der Waals surface area contributed by atoms with Crippen molar-refractivity contribution in [3.63, 3.8) is 0 Å². The van der Waals surface area contributed by atoms with Gasteiger partial charge in [-0.2, -0.15) is 0 Å². The highest BCUT2D eigenvalue weighted by Gasteiger charge is 2.30. The van der Waals surface area contributed by atoms with E-state index in [0.717, 1.165) is 54.6 Å². The number of hydrogen-bond acceptors (Lipinski definition) is 3. The molecule has 3 aromatic rings. The third-order valence-electron chi connectivity index (χ3n) is 6.02. The number of carbonyl (C=O) groups excluding carboxylic acids is 1. The lowest BCUT2D eigenvalue weighted by Gasteiger charge is -2.37. The number of carbonyl (C=O) groups is 1. The fourth-order valence-corrected chi connectivity index (χ4v) is 4.55. The maximum Gasteiger partial charge on any atom is 0.227 e.